The van der Waals surface area contributed by atoms with Crippen molar-refractivity contribution in [3.8, 4) is 5.75 Å². The van der Waals surface area contributed by atoms with E-state index in [4.69, 9.17) is 4.74 Å². The first-order chi connectivity index (χ1) is 14.5. The Hall–Kier alpha value is -3.28. The van der Waals surface area contributed by atoms with Crippen molar-refractivity contribution in [2.75, 3.05) is 44.7 Å². The Balaban J connectivity index is 1.63. The second kappa shape index (κ2) is 8.22. The summed E-state index contributed by atoms with van der Waals surface area (Å²) in [6.45, 7) is 7.28. The van der Waals surface area contributed by atoms with E-state index in [9.17, 15) is 9.59 Å². The first-order valence-electron chi connectivity index (χ1n) is 10.3. The fourth-order valence-corrected chi connectivity index (χ4v) is 4.17. The number of aryl methyl sites for hydroxylation is 1. The number of likely N-dealkylation sites (N-methyl/N-ethyl adjacent to an activating group) is 1. The zero-order chi connectivity index (χ0) is 21.3. The number of hydrogen-bond donors (Lipinski definition) is 0. The van der Waals surface area contributed by atoms with Crippen LogP contribution in [0.2, 0.25) is 0 Å². The zero-order valence-electron chi connectivity index (χ0n) is 17.7. The minimum atomic E-state index is -0.219. The number of carbonyl (C=O) groups is 2. The molecule has 0 radical (unpaired) electrons. The van der Waals surface area contributed by atoms with Crippen molar-refractivity contribution < 1.29 is 14.3 Å². The number of benzene rings is 2. The van der Waals surface area contributed by atoms with Crippen LogP contribution < -0.4 is 9.64 Å². The molecular weight excluding hydrogens is 378 g/mol. The molecule has 0 bridgehead atoms. The van der Waals surface area contributed by atoms with Crippen molar-refractivity contribution in [1.82, 2.24) is 9.80 Å². The summed E-state index contributed by atoms with van der Waals surface area (Å²) in [6, 6.07) is 15.8. The molecule has 2 heterocycles. The summed E-state index contributed by atoms with van der Waals surface area (Å²) in [7, 11) is 1.61. The highest BCUT2D eigenvalue weighted by Gasteiger charge is 2.41. The first kappa shape index (κ1) is 20.0. The van der Waals surface area contributed by atoms with Crippen LogP contribution in [-0.4, -0.2) is 61.4 Å². The smallest absolute Gasteiger partial charge is 0.277 e. The average Bonchev–Trinajstić information content (AvgIpc) is 3.03. The highest BCUT2D eigenvalue weighted by molar-refractivity contribution is 6.35. The van der Waals surface area contributed by atoms with Gasteiger partial charge in [0.15, 0.2) is 0 Å². The van der Waals surface area contributed by atoms with Crippen molar-refractivity contribution >= 4 is 23.1 Å². The topological polar surface area (TPSA) is 53.1 Å². The molecule has 0 N–H and O–H groups in total. The Morgan fingerprint density at radius 1 is 0.900 bits per heavy atom. The monoisotopic (exact) mass is 405 g/mol. The van der Waals surface area contributed by atoms with Gasteiger partial charge >= 0.3 is 0 Å². The summed E-state index contributed by atoms with van der Waals surface area (Å²) < 4.78 is 5.23. The second-order valence-corrected chi connectivity index (χ2v) is 7.62. The van der Waals surface area contributed by atoms with E-state index in [2.05, 4.69) is 41.0 Å². The van der Waals surface area contributed by atoms with E-state index < -0.39 is 0 Å². The molecular formula is C24H27N3O3. The second-order valence-electron chi connectivity index (χ2n) is 7.62. The molecule has 0 aromatic heterocycles. The minimum absolute atomic E-state index is 0.197. The van der Waals surface area contributed by atoms with Crippen LogP contribution in [0.4, 0.5) is 5.69 Å². The van der Waals surface area contributed by atoms with Gasteiger partial charge in [-0.25, -0.2) is 0 Å². The molecule has 1 saturated heterocycles. The highest BCUT2D eigenvalue weighted by atomic mass is 16.5. The number of piperazine rings is 1. The van der Waals surface area contributed by atoms with E-state index in [1.54, 1.807) is 7.11 Å². The lowest BCUT2D eigenvalue weighted by atomic mass is 10.0. The number of methoxy groups -OCH3 is 1. The third-order valence-corrected chi connectivity index (χ3v) is 5.80. The minimum Gasteiger partial charge on any atom is -0.497 e. The SMILES string of the molecule is CCN1C(=O)C(c2ccc(OC)cc2)=C(N2CCN(c3cccc(C)c3)CC2)C1=O. The molecule has 0 saturated carbocycles. The van der Waals surface area contributed by atoms with Crippen LogP contribution in [0.3, 0.4) is 0 Å². The molecule has 6 nitrogen and oxygen atoms in total. The molecule has 0 spiro atoms. The van der Waals surface area contributed by atoms with E-state index in [1.807, 2.05) is 31.2 Å². The number of nitrogens with zero attached hydrogens (tertiary/aromatic N) is 3. The number of imide groups is 1. The van der Waals surface area contributed by atoms with E-state index in [0.717, 1.165) is 24.4 Å². The molecule has 1 fully saturated rings. The van der Waals surface area contributed by atoms with Gasteiger partial charge in [-0.2, -0.15) is 0 Å². The first-order valence-corrected chi connectivity index (χ1v) is 10.3. The molecule has 2 aromatic carbocycles. The molecule has 156 valence electrons. The van der Waals surface area contributed by atoms with Crippen LogP contribution in [0.25, 0.3) is 5.57 Å². The lowest BCUT2D eigenvalue weighted by molar-refractivity contribution is -0.137. The van der Waals surface area contributed by atoms with Gasteiger partial charge in [-0.05, 0) is 49.2 Å². The maximum atomic E-state index is 13.1. The number of hydrogen-bond acceptors (Lipinski definition) is 5. The van der Waals surface area contributed by atoms with Gasteiger partial charge in [0.1, 0.15) is 11.4 Å². The summed E-state index contributed by atoms with van der Waals surface area (Å²) >= 11 is 0. The lowest BCUT2D eigenvalue weighted by Crippen LogP contribution is -2.47. The fourth-order valence-electron chi connectivity index (χ4n) is 4.17. The molecule has 4 rings (SSSR count). The largest absolute Gasteiger partial charge is 0.497 e. The van der Waals surface area contributed by atoms with E-state index in [0.29, 0.717) is 30.9 Å². The van der Waals surface area contributed by atoms with Gasteiger partial charge in [0.05, 0.1) is 12.7 Å². The molecule has 2 aliphatic heterocycles. The van der Waals surface area contributed by atoms with Crippen LogP contribution in [-0.2, 0) is 9.59 Å². The standard InChI is InChI=1S/C24H27N3O3/c1-4-27-23(28)21(18-8-10-20(30-3)11-9-18)22(24(27)29)26-14-12-25(13-15-26)19-7-5-6-17(2)16-19/h5-11,16H,4,12-15H2,1-3H3. The third-order valence-electron chi connectivity index (χ3n) is 5.80. The molecule has 2 aliphatic rings. The molecule has 0 atom stereocenters. The van der Waals surface area contributed by atoms with Crippen molar-refractivity contribution in [3.05, 3.63) is 65.4 Å². The van der Waals surface area contributed by atoms with Gasteiger partial charge in [0.25, 0.3) is 11.8 Å². The van der Waals surface area contributed by atoms with Crippen LogP contribution in [0.5, 0.6) is 5.75 Å². The Kier molecular flexibility index (Phi) is 5.48. The number of amides is 2. The maximum Gasteiger partial charge on any atom is 0.277 e. The third kappa shape index (κ3) is 3.54. The van der Waals surface area contributed by atoms with Gasteiger partial charge in [0.2, 0.25) is 0 Å². The lowest BCUT2D eigenvalue weighted by Gasteiger charge is -2.37. The molecule has 30 heavy (non-hydrogen) atoms. The Morgan fingerprint density at radius 3 is 2.17 bits per heavy atom. The van der Waals surface area contributed by atoms with Crippen molar-refractivity contribution in [1.29, 1.82) is 0 Å². The van der Waals surface area contributed by atoms with E-state index in [-0.39, 0.29) is 11.8 Å². The number of rotatable bonds is 5. The van der Waals surface area contributed by atoms with Gasteiger partial charge < -0.3 is 14.5 Å². The fraction of sp³-hybridized carbons (Fsp3) is 0.333. The Bertz CT molecular complexity index is 989. The predicted molar refractivity (Wildman–Crippen MR) is 117 cm³/mol. The summed E-state index contributed by atoms with van der Waals surface area (Å²) in [4.78, 5) is 31.9. The summed E-state index contributed by atoms with van der Waals surface area (Å²) in [5.74, 6) is 0.304. The van der Waals surface area contributed by atoms with Crippen LogP contribution >= 0.6 is 0 Å². The van der Waals surface area contributed by atoms with Gasteiger partial charge in [-0.15, -0.1) is 0 Å². The summed E-state index contributed by atoms with van der Waals surface area (Å²) in [6.07, 6.45) is 0. The van der Waals surface area contributed by atoms with Crippen molar-refractivity contribution in [2.24, 2.45) is 0 Å². The van der Waals surface area contributed by atoms with Gasteiger partial charge in [0, 0.05) is 38.4 Å². The van der Waals surface area contributed by atoms with E-state index >= 15 is 0 Å². The van der Waals surface area contributed by atoms with Gasteiger partial charge in [-0.3, -0.25) is 14.5 Å². The van der Waals surface area contributed by atoms with Crippen molar-refractivity contribution in [2.45, 2.75) is 13.8 Å². The average molecular weight is 405 g/mol. The summed E-state index contributed by atoms with van der Waals surface area (Å²) in [5, 5.41) is 0. The molecule has 6 heteroatoms. The quantitative estimate of drug-likeness (QED) is 0.716. The van der Waals surface area contributed by atoms with Crippen LogP contribution in [0.1, 0.15) is 18.1 Å². The Labute approximate surface area is 177 Å². The molecule has 2 aromatic rings. The molecule has 0 aliphatic carbocycles. The maximum absolute atomic E-state index is 13.1. The molecule has 0 unspecified atom stereocenters. The predicted octanol–water partition coefficient (Wildman–Crippen LogP) is 2.93. The normalized spacial score (nSPS) is 17.2. The van der Waals surface area contributed by atoms with Crippen LogP contribution in [0, 0.1) is 6.92 Å². The van der Waals surface area contributed by atoms with E-state index in [1.165, 1.54) is 16.2 Å². The van der Waals surface area contributed by atoms with Gasteiger partial charge in [-0.1, -0.05) is 24.3 Å². The highest BCUT2D eigenvalue weighted by Crippen LogP contribution is 2.33. The zero-order valence-corrected chi connectivity index (χ0v) is 17.7. The number of ether oxygens (including phenoxy) is 1. The molecule has 2 amide bonds. The summed E-state index contributed by atoms with van der Waals surface area (Å²) in [5.41, 5.74) is 4.20. The van der Waals surface area contributed by atoms with Crippen LogP contribution in [0.15, 0.2) is 54.2 Å². The van der Waals surface area contributed by atoms with Crippen molar-refractivity contribution in [3.63, 3.8) is 0 Å². The number of carbonyl (C=O) groups excluding carboxylic acids is 2. The Morgan fingerprint density at radius 2 is 1.57 bits per heavy atom. The number of anilines is 1.